The van der Waals surface area contributed by atoms with Gasteiger partial charge in [0, 0.05) is 58.0 Å². The van der Waals surface area contributed by atoms with Crippen LogP contribution in [0, 0.1) is 0 Å². The van der Waals surface area contributed by atoms with Crippen LogP contribution in [-0.4, -0.2) is 34.8 Å². The highest BCUT2D eigenvalue weighted by molar-refractivity contribution is 5.90. The Labute approximate surface area is 177 Å². The highest BCUT2D eigenvalue weighted by atomic mass is 16.3. The fourth-order valence-corrected chi connectivity index (χ4v) is 3.27. The van der Waals surface area contributed by atoms with Gasteiger partial charge in [0.05, 0.1) is 0 Å². The van der Waals surface area contributed by atoms with Crippen molar-refractivity contribution in [1.82, 2.24) is 0 Å². The minimum Gasteiger partial charge on any atom is -0.396 e. The second-order valence-electron chi connectivity index (χ2n) is 8.06. The van der Waals surface area contributed by atoms with Gasteiger partial charge in [-0.05, 0) is 6.42 Å². The van der Waals surface area contributed by atoms with Crippen molar-refractivity contribution in [2.24, 2.45) is 0 Å². The van der Waals surface area contributed by atoms with E-state index in [0.717, 1.165) is 12.8 Å². The Morgan fingerprint density at radius 1 is 0.448 bits per heavy atom. The molecule has 0 rings (SSSR count). The Hall–Kier alpha value is -1.36. The summed E-state index contributed by atoms with van der Waals surface area (Å²) in [4.78, 5) is 46.6. The van der Waals surface area contributed by atoms with E-state index in [0.29, 0.717) is 6.42 Å². The van der Waals surface area contributed by atoms with E-state index in [9.17, 15) is 19.2 Å². The lowest BCUT2D eigenvalue weighted by atomic mass is 10.0. The molecule has 0 saturated carbocycles. The maximum Gasteiger partial charge on any atom is 0.135 e. The number of hydrogen-bond acceptors (Lipinski definition) is 5. The third kappa shape index (κ3) is 19.7. The molecule has 0 atom stereocenters. The van der Waals surface area contributed by atoms with E-state index in [2.05, 4.69) is 6.92 Å². The second kappa shape index (κ2) is 19.9. The summed E-state index contributed by atoms with van der Waals surface area (Å²) in [6.07, 6.45) is 14.0. The number of carbonyl (C=O) groups is 4. The van der Waals surface area contributed by atoms with Crippen molar-refractivity contribution in [2.75, 3.05) is 6.61 Å². The Morgan fingerprint density at radius 3 is 1.14 bits per heavy atom. The number of aliphatic hydroxyl groups is 1. The molecule has 0 amide bonds. The zero-order valence-corrected chi connectivity index (χ0v) is 18.5. The summed E-state index contributed by atoms with van der Waals surface area (Å²) in [5.41, 5.74) is 0. The zero-order chi connectivity index (χ0) is 21.7. The van der Waals surface area contributed by atoms with Crippen LogP contribution in [0.15, 0.2) is 0 Å². The lowest BCUT2D eigenvalue weighted by Crippen LogP contribution is -2.09. The fraction of sp³-hybridized carbons (Fsp3) is 0.833. The largest absolute Gasteiger partial charge is 0.396 e. The first-order chi connectivity index (χ1) is 14.0. The van der Waals surface area contributed by atoms with Crippen molar-refractivity contribution in [2.45, 2.75) is 122 Å². The molecule has 0 spiro atoms. The molecule has 0 saturated heterocycles. The summed E-state index contributed by atoms with van der Waals surface area (Å²) in [6.45, 7) is 2.03. The van der Waals surface area contributed by atoms with Gasteiger partial charge in [-0.2, -0.15) is 0 Å². The van der Waals surface area contributed by atoms with Crippen molar-refractivity contribution < 1.29 is 24.3 Å². The smallest absolute Gasteiger partial charge is 0.135 e. The molecule has 0 aromatic carbocycles. The minimum absolute atomic E-state index is 0.0588. The quantitative estimate of drug-likeness (QED) is 0.245. The molecule has 168 valence electrons. The molecule has 0 fully saturated rings. The van der Waals surface area contributed by atoms with Crippen LogP contribution in [0.2, 0.25) is 0 Å². The summed E-state index contributed by atoms with van der Waals surface area (Å²) in [7, 11) is 0. The molecule has 0 unspecified atom stereocenters. The van der Waals surface area contributed by atoms with Crippen LogP contribution in [0.5, 0.6) is 0 Å². The summed E-state index contributed by atoms with van der Waals surface area (Å²) >= 11 is 0. The molecular formula is C24H42O5. The normalized spacial score (nSPS) is 10.8. The maximum absolute atomic E-state index is 11.9. The fourth-order valence-electron chi connectivity index (χ4n) is 3.27. The van der Waals surface area contributed by atoms with Crippen LogP contribution in [0.1, 0.15) is 122 Å². The van der Waals surface area contributed by atoms with Crippen LogP contribution in [0.4, 0.5) is 0 Å². The third-order valence-corrected chi connectivity index (χ3v) is 5.25. The van der Waals surface area contributed by atoms with Crippen LogP contribution in [-0.2, 0) is 19.2 Å². The monoisotopic (exact) mass is 410 g/mol. The van der Waals surface area contributed by atoms with Gasteiger partial charge in [-0.3, -0.25) is 19.2 Å². The van der Waals surface area contributed by atoms with E-state index in [-0.39, 0.29) is 74.7 Å². The van der Waals surface area contributed by atoms with Crippen LogP contribution < -0.4 is 0 Å². The second-order valence-corrected chi connectivity index (χ2v) is 8.06. The van der Waals surface area contributed by atoms with Gasteiger partial charge < -0.3 is 5.11 Å². The van der Waals surface area contributed by atoms with Crippen molar-refractivity contribution in [3.8, 4) is 0 Å². The van der Waals surface area contributed by atoms with E-state index >= 15 is 0 Å². The van der Waals surface area contributed by atoms with Gasteiger partial charge in [0.15, 0.2) is 0 Å². The predicted molar refractivity (Wildman–Crippen MR) is 116 cm³/mol. The first-order valence-corrected chi connectivity index (χ1v) is 11.7. The van der Waals surface area contributed by atoms with Crippen molar-refractivity contribution in [1.29, 1.82) is 0 Å². The third-order valence-electron chi connectivity index (χ3n) is 5.25. The molecule has 1 N–H and O–H groups in total. The number of ketones is 4. The Balaban J connectivity index is 3.54. The average Bonchev–Trinajstić information content (AvgIpc) is 2.70. The molecule has 5 heteroatoms. The summed E-state index contributed by atoms with van der Waals surface area (Å²) in [6, 6.07) is 0. The molecule has 0 radical (unpaired) electrons. The van der Waals surface area contributed by atoms with E-state index in [4.69, 9.17) is 5.11 Å². The van der Waals surface area contributed by atoms with Gasteiger partial charge in [0.2, 0.25) is 0 Å². The van der Waals surface area contributed by atoms with Crippen molar-refractivity contribution in [3.63, 3.8) is 0 Å². The molecule has 0 aromatic heterocycles. The topological polar surface area (TPSA) is 88.5 Å². The molecule has 0 aliphatic carbocycles. The van der Waals surface area contributed by atoms with E-state index < -0.39 is 0 Å². The number of carbonyl (C=O) groups excluding carboxylic acids is 4. The van der Waals surface area contributed by atoms with Gasteiger partial charge in [-0.25, -0.2) is 0 Å². The van der Waals surface area contributed by atoms with Crippen LogP contribution >= 0.6 is 0 Å². The summed E-state index contributed by atoms with van der Waals surface area (Å²) in [5.74, 6) is -0.165. The lowest BCUT2D eigenvalue weighted by Gasteiger charge is -2.03. The number of rotatable bonds is 22. The van der Waals surface area contributed by atoms with Gasteiger partial charge in [-0.15, -0.1) is 0 Å². The SMILES string of the molecule is CCCCCCCCCCCCC(=O)CCC(=O)CCC(=O)CCC(=O)CCO. The van der Waals surface area contributed by atoms with E-state index in [1.165, 1.54) is 51.4 Å². The highest BCUT2D eigenvalue weighted by Gasteiger charge is 2.11. The van der Waals surface area contributed by atoms with Crippen LogP contribution in [0.3, 0.4) is 0 Å². The Kier molecular flexibility index (Phi) is 19.0. The van der Waals surface area contributed by atoms with Crippen LogP contribution in [0.25, 0.3) is 0 Å². The maximum atomic E-state index is 11.9. The molecule has 0 aliphatic heterocycles. The zero-order valence-electron chi connectivity index (χ0n) is 18.5. The number of aliphatic hydroxyl groups excluding tert-OH is 1. The molecule has 0 heterocycles. The molecule has 29 heavy (non-hydrogen) atoms. The molecule has 0 aromatic rings. The minimum atomic E-state index is -0.196. The molecule has 5 nitrogen and oxygen atoms in total. The first kappa shape index (κ1) is 27.6. The van der Waals surface area contributed by atoms with E-state index in [1.54, 1.807) is 0 Å². The van der Waals surface area contributed by atoms with Crippen molar-refractivity contribution in [3.05, 3.63) is 0 Å². The predicted octanol–water partition coefficient (Wildman–Crippen LogP) is 5.30. The Bertz CT molecular complexity index is 470. The van der Waals surface area contributed by atoms with Crippen molar-refractivity contribution >= 4 is 23.1 Å². The number of hydrogen-bond donors (Lipinski definition) is 1. The first-order valence-electron chi connectivity index (χ1n) is 11.7. The highest BCUT2D eigenvalue weighted by Crippen LogP contribution is 2.12. The average molecular weight is 411 g/mol. The van der Waals surface area contributed by atoms with Gasteiger partial charge in [0.25, 0.3) is 0 Å². The van der Waals surface area contributed by atoms with Gasteiger partial charge in [-0.1, -0.05) is 64.7 Å². The van der Waals surface area contributed by atoms with Gasteiger partial charge >= 0.3 is 0 Å². The number of Topliss-reactive ketones (excluding diaryl/α,β-unsaturated/α-hetero) is 4. The van der Waals surface area contributed by atoms with E-state index in [1.807, 2.05) is 0 Å². The summed E-state index contributed by atoms with van der Waals surface area (Å²) < 4.78 is 0. The number of unbranched alkanes of at least 4 members (excludes halogenated alkanes) is 9. The van der Waals surface area contributed by atoms with Gasteiger partial charge in [0.1, 0.15) is 23.1 Å². The Morgan fingerprint density at radius 2 is 0.759 bits per heavy atom. The summed E-state index contributed by atoms with van der Waals surface area (Å²) in [5, 5.41) is 8.64. The molecule has 0 aliphatic rings. The standard InChI is InChI=1S/C24H42O5/c1-2-3-4-5-6-7-8-9-10-11-12-21(26)13-14-22(27)15-16-23(28)17-18-24(29)19-20-25/h25H,2-20H2,1H3. The lowest BCUT2D eigenvalue weighted by molar-refractivity contribution is -0.127. The molecule has 0 bridgehead atoms. The molecular weight excluding hydrogens is 368 g/mol.